The Bertz CT molecular complexity index is 319. The number of aromatic nitrogens is 2. The molecule has 0 N–H and O–H groups in total. The topological polar surface area (TPSA) is 36.3 Å². The zero-order valence-corrected chi connectivity index (χ0v) is 8.99. The first-order chi connectivity index (χ1) is 7.49. The number of ether oxygens (including phenoxy) is 2. The van der Waals surface area contributed by atoms with Crippen LogP contribution >= 0.6 is 0 Å². The molecule has 0 unspecified atom stereocenters. The lowest BCUT2D eigenvalue weighted by atomic mass is 10.3. The third-order valence-corrected chi connectivity index (χ3v) is 1.77. The Kier molecular flexibility index (Phi) is 4.31. The molecule has 16 heavy (non-hydrogen) atoms. The van der Waals surface area contributed by atoms with Crippen molar-refractivity contribution in [2.24, 2.45) is 0 Å². The van der Waals surface area contributed by atoms with Crippen molar-refractivity contribution in [3.8, 4) is 0 Å². The standard InChI is InChI=1S/C9H13F3N2O2/c1-3-15-8(16-4-2)7-5-13-14(6-7)9(10,11)12/h5-6,8H,3-4H2,1-2H3. The quantitative estimate of drug-likeness (QED) is 0.739. The van der Waals surface area contributed by atoms with Gasteiger partial charge in [-0.1, -0.05) is 0 Å². The number of rotatable bonds is 5. The Morgan fingerprint density at radius 1 is 1.31 bits per heavy atom. The first-order valence-electron chi connectivity index (χ1n) is 4.84. The Balaban J connectivity index is 2.81. The van der Waals surface area contributed by atoms with Crippen molar-refractivity contribution < 1.29 is 22.6 Å². The molecule has 0 radical (unpaired) electrons. The Labute approximate surface area is 91.0 Å². The van der Waals surface area contributed by atoms with Crippen molar-refractivity contribution >= 4 is 0 Å². The highest BCUT2D eigenvalue weighted by Crippen LogP contribution is 2.24. The fourth-order valence-corrected chi connectivity index (χ4v) is 1.14. The molecule has 0 bridgehead atoms. The summed E-state index contributed by atoms with van der Waals surface area (Å²) < 4.78 is 47.0. The zero-order chi connectivity index (χ0) is 12.2. The summed E-state index contributed by atoms with van der Waals surface area (Å²) in [6.45, 7) is 4.17. The zero-order valence-electron chi connectivity index (χ0n) is 8.99. The molecule has 0 aromatic carbocycles. The number of alkyl halides is 3. The molecule has 0 atom stereocenters. The summed E-state index contributed by atoms with van der Waals surface area (Å²) in [7, 11) is 0. The summed E-state index contributed by atoms with van der Waals surface area (Å²) in [5.41, 5.74) is 0.251. The largest absolute Gasteiger partial charge is 0.504 e. The molecule has 1 rings (SSSR count). The number of hydrogen-bond donors (Lipinski definition) is 0. The highest BCUT2D eigenvalue weighted by molar-refractivity contribution is 5.06. The van der Waals surface area contributed by atoms with Gasteiger partial charge in [-0.15, -0.1) is 13.2 Å². The van der Waals surface area contributed by atoms with Gasteiger partial charge in [0.1, 0.15) is 0 Å². The van der Waals surface area contributed by atoms with E-state index >= 15 is 0 Å². The summed E-state index contributed by atoms with van der Waals surface area (Å²) in [4.78, 5) is 0. The van der Waals surface area contributed by atoms with E-state index in [2.05, 4.69) is 5.10 Å². The van der Waals surface area contributed by atoms with Gasteiger partial charge < -0.3 is 9.47 Å². The average Bonchev–Trinajstić information content (AvgIpc) is 2.65. The summed E-state index contributed by atoms with van der Waals surface area (Å²) in [5.74, 6) is 0. The van der Waals surface area contributed by atoms with Crippen molar-refractivity contribution in [3.05, 3.63) is 18.0 Å². The lowest BCUT2D eigenvalue weighted by molar-refractivity contribution is -0.212. The SMILES string of the molecule is CCOC(OCC)c1cnn(C(F)(F)F)c1. The number of nitrogens with zero attached hydrogens (tertiary/aromatic N) is 2. The van der Waals surface area contributed by atoms with Gasteiger partial charge in [0.2, 0.25) is 0 Å². The molecule has 0 spiro atoms. The Hall–Kier alpha value is -1.08. The summed E-state index contributed by atoms with van der Waals surface area (Å²) in [6.07, 6.45) is -3.37. The maximum Gasteiger partial charge on any atom is 0.504 e. The predicted octanol–water partition coefficient (Wildman–Crippen LogP) is 2.43. The summed E-state index contributed by atoms with van der Waals surface area (Å²) >= 11 is 0. The molecule has 0 fully saturated rings. The average molecular weight is 238 g/mol. The molecule has 1 aromatic rings. The van der Waals surface area contributed by atoms with E-state index in [0.29, 0.717) is 13.2 Å². The van der Waals surface area contributed by atoms with Crippen LogP contribution in [0.15, 0.2) is 12.4 Å². The molecule has 0 aliphatic rings. The minimum Gasteiger partial charge on any atom is -0.349 e. The van der Waals surface area contributed by atoms with Gasteiger partial charge in [-0.2, -0.15) is 9.78 Å². The molecule has 0 saturated carbocycles. The molecule has 0 saturated heterocycles. The van der Waals surface area contributed by atoms with Crippen LogP contribution in [0.1, 0.15) is 25.7 Å². The molecular weight excluding hydrogens is 225 g/mol. The Morgan fingerprint density at radius 3 is 2.25 bits per heavy atom. The van der Waals surface area contributed by atoms with Crippen LogP contribution in [0.5, 0.6) is 0 Å². The van der Waals surface area contributed by atoms with Crippen LogP contribution in [0.2, 0.25) is 0 Å². The van der Waals surface area contributed by atoms with Crippen LogP contribution in [0, 0.1) is 0 Å². The van der Waals surface area contributed by atoms with E-state index < -0.39 is 12.6 Å². The second kappa shape index (κ2) is 5.31. The number of hydrogen-bond acceptors (Lipinski definition) is 3. The van der Waals surface area contributed by atoms with Crippen molar-refractivity contribution in [2.75, 3.05) is 13.2 Å². The van der Waals surface area contributed by atoms with Gasteiger partial charge in [0.15, 0.2) is 6.29 Å². The molecule has 0 amide bonds. The first-order valence-corrected chi connectivity index (χ1v) is 4.84. The van der Waals surface area contributed by atoms with Gasteiger partial charge in [-0.25, -0.2) is 0 Å². The third-order valence-electron chi connectivity index (χ3n) is 1.77. The molecular formula is C9H13F3N2O2. The van der Waals surface area contributed by atoms with Gasteiger partial charge in [-0.3, -0.25) is 0 Å². The van der Waals surface area contributed by atoms with Crippen molar-refractivity contribution in [1.29, 1.82) is 0 Å². The lowest BCUT2D eigenvalue weighted by Gasteiger charge is -2.14. The van der Waals surface area contributed by atoms with E-state index in [-0.39, 0.29) is 10.2 Å². The van der Waals surface area contributed by atoms with E-state index in [1.807, 2.05) is 0 Å². The second-order valence-corrected chi connectivity index (χ2v) is 2.93. The minimum atomic E-state index is -4.51. The minimum absolute atomic E-state index is 0.0760. The highest BCUT2D eigenvalue weighted by Gasteiger charge is 2.32. The summed E-state index contributed by atoms with van der Waals surface area (Å²) in [6, 6.07) is 0. The fourth-order valence-electron chi connectivity index (χ4n) is 1.14. The van der Waals surface area contributed by atoms with Crippen LogP contribution in [0.25, 0.3) is 0 Å². The van der Waals surface area contributed by atoms with Crippen LogP contribution in [0.4, 0.5) is 13.2 Å². The van der Waals surface area contributed by atoms with Crippen LogP contribution in [0.3, 0.4) is 0 Å². The van der Waals surface area contributed by atoms with E-state index in [1.54, 1.807) is 13.8 Å². The molecule has 7 heteroatoms. The molecule has 4 nitrogen and oxygen atoms in total. The van der Waals surface area contributed by atoms with Gasteiger partial charge in [0, 0.05) is 25.0 Å². The van der Waals surface area contributed by atoms with Gasteiger partial charge >= 0.3 is 6.30 Å². The van der Waals surface area contributed by atoms with E-state index in [4.69, 9.17) is 9.47 Å². The van der Waals surface area contributed by atoms with Crippen molar-refractivity contribution in [3.63, 3.8) is 0 Å². The fraction of sp³-hybridized carbons (Fsp3) is 0.667. The maximum absolute atomic E-state index is 12.3. The smallest absolute Gasteiger partial charge is 0.349 e. The van der Waals surface area contributed by atoms with Crippen LogP contribution in [-0.4, -0.2) is 23.0 Å². The van der Waals surface area contributed by atoms with Gasteiger partial charge in [0.25, 0.3) is 0 Å². The first kappa shape index (κ1) is 13.0. The van der Waals surface area contributed by atoms with Gasteiger partial charge in [-0.05, 0) is 13.8 Å². The highest BCUT2D eigenvalue weighted by atomic mass is 19.4. The molecule has 0 aliphatic carbocycles. The maximum atomic E-state index is 12.3. The van der Waals surface area contributed by atoms with Crippen molar-refractivity contribution in [1.82, 2.24) is 9.78 Å². The molecule has 1 heterocycles. The van der Waals surface area contributed by atoms with E-state index in [1.165, 1.54) is 0 Å². The van der Waals surface area contributed by atoms with Gasteiger partial charge in [0.05, 0.1) is 6.20 Å². The predicted molar refractivity (Wildman–Crippen MR) is 49.5 cm³/mol. The van der Waals surface area contributed by atoms with E-state index in [0.717, 1.165) is 12.4 Å². The summed E-state index contributed by atoms with van der Waals surface area (Å²) in [5, 5.41) is 3.20. The second-order valence-electron chi connectivity index (χ2n) is 2.93. The molecule has 1 aromatic heterocycles. The monoisotopic (exact) mass is 238 g/mol. The normalized spacial score (nSPS) is 12.4. The molecule has 92 valence electrons. The van der Waals surface area contributed by atoms with Crippen LogP contribution < -0.4 is 0 Å². The number of halogens is 3. The Morgan fingerprint density at radius 2 is 1.88 bits per heavy atom. The lowest BCUT2D eigenvalue weighted by Crippen LogP contribution is -2.17. The van der Waals surface area contributed by atoms with Crippen LogP contribution in [-0.2, 0) is 15.8 Å². The van der Waals surface area contributed by atoms with E-state index in [9.17, 15) is 13.2 Å². The third kappa shape index (κ3) is 3.21. The van der Waals surface area contributed by atoms with Crippen molar-refractivity contribution in [2.45, 2.75) is 26.4 Å². The molecule has 0 aliphatic heterocycles.